The van der Waals surface area contributed by atoms with E-state index in [9.17, 15) is 4.79 Å². The Morgan fingerprint density at radius 1 is 0.969 bits per heavy atom. The number of benzene rings is 1. The number of rotatable bonds is 13. The summed E-state index contributed by atoms with van der Waals surface area (Å²) in [5.41, 5.74) is 2.65. The standard InChI is InChI=1S/C26H44O5Si/c1-19(2)32(20(3)4,21(5)6)29-15-14-23(27)16-24-25(31-26(7,8)30-24)18-28-17-22-12-10-9-11-13-22/h9-13,19-21,24-25H,14-18H2,1-8H3/t24-,25-/m1/s1. The van der Waals surface area contributed by atoms with Crippen molar-refractivity contribution in [1.29, 1.82) is 0 Å². The van der Waals surface area contributed by atoms with E-state index in [1.54, 1.807) is 0 Å². The van der Waals surface area contributed by atoms with Gasteiger partial charge in [0.15, 0.2) is 14.1 Å². The van der Waals surface area contributed by atoms with Gasteiger partial charge < -0.3 is 18.6 Å². The van der Waals surface area contributed by atoms with Crippen LogP contribution in [0.5, 0.6) is 0 Å². The zero-order valence-corrected chi connectivity index (χ0v) is 22.4. The summed E-state index contributed by atoms with van der Waals surface area (Å²) in [6.45, 7) is 18.8. The van der Waals surface area contributed by atoms with Crippen molar-refractivity contribution in [2.75, 3.05) is 13.2 Å². The van der Waals surface area contributed by atoms with Crippen molar-refractivity contribution < 1.29 is 23.4 Å². The van der Waals surface area contributed by atoms with Crippen LogP contribution in [-0.4, -0.2) is 45.3 Å². The second kappa shape index (κ2) is 11.9. The zero-order valence-electron chi connectivity index (χ0n) is 21.4. The van der Waals surface area contributed by atoms with Gasteiger partial charge in [-0.15, -0.1) is 0 Å². The molecule has 1 fully saturated rings. The Morgan fingerprint density at radius 2 is 1.53 bits per heavy atom. The lowest BCUT2D eigenvalue weighted by Crippen LogP contribution is -2.48. The smallest absolute Gasteiger partial charge is 0.200 e. The molecule has 1 aromatic rings. The van der Waals surface area contributed by atoms with Gasteiger partial charge in [-0.1, -0.05) is 71.9 Å². The highest BCUT2D eigenvalue weighted by molar-refractivity contribution is 6.77. The predicted molar refractivity (Wildman–Crippen MR) is 131 cm³/mol. The van der Waals surface area contributed by atoms with Gasteiger partial charge in [0.1, 0.15) is 11.9 Å². The molecule has 1 aliphatic heterocycles. The maximum atomic E-state index is 12.8. The van der Waals surface area contributed by atoms with Crippen LogP contribution in [0.15, 0.2) is 30.3 Å². The number of Topliss-reactive ketones (excluding diaryl/α,β-unsaturated/α-hetero) is 1. The molecule has 5 nitrogen and oxygen atoms in total. The quantitative estimate of drug-likeness (QED) is 0.322. The van der Waals surface area contributed by atoms with E-state index in [1.165, 1.54) is 0 Å². The van der Waals surface area contributed by atoms with E-state index < -0.39 is 14.1 Å². The molecule has 1 saturated heterocycles. The highest BCUT2D eigenvalue weighted by Crippen LogP contribution is 2.42. The van der Waals surface area contributed by atoms with Gasteiger partial charge in [0.2, 0.25) is 0 Å². The largest absolute Gasteiger partial charge is 0.416 e. The Balaban J connectivity index is 1.87. The minimum absolute atomic E-state index is 0.156. The molecule has 0 saturated carbocycles. The van der Waals surface area contributed by atoms with E-state index in [2.05, 4.69) is 41.5 Å². The summed E-state index contributed by atoms with van der Waals surface area (Å²) in [5.74, 6) is -0.555. The monoisotopic (exact) mass is 464 g/mol. The van der Waals surface area contributed by atoms with Gasteiger partial charge in [-0.25, -0.2) is 0 Å². The molecule has 0 aliphatic carbocycles. The first-order valence-electron chi connectivity index (χ1n) is 12.1. The van der Waals surface area contributed by atoms with Crippen molar-refractivity contribution in [1.82, 2.24) is 0 Å². The average Bonchev–Trinajstić information content (AvgIpc) is 2.98. The van der Waals surface area contributed by atoms with Crippen LogP contribution in [0.4, 0.5) is 0 Å². The fourth-order valence-electron chi connectivity index (χ4n) is 5.26. The van der Waals surface area contributed by atoms with E-state index in [-0.39, 0.29) is 18.0 Å². The summed E-state index contributed by atoms with van der Waals surface area (Å²) < 4.78 is 24.5. The Hall–Kier alpha value is -1.05. The summed E-state index contributed by atoms with van der Waals surface area (Å²) in [5, 5.41) is 0. The van der Waals surface area contributed by atoms with E-state index >= 15 is 0 Å². The summed E-state index contributed by atoms with van der Waals surface area (Å²) in [7, 11) is -1.95. The average molecular weight is 465 g/mol. The second-order valence-electron chi connectivity index (χ2n) is 10.4. The summed E-state index contributed by atoms with van der Waals surface area (Å²) in [4.78, 5) is 12.8. The number of ether oxygens (including phenoxy) is 3. The minimum Gasteiger partial charge on any atom is -0.416 e. The number of ketones is 1. The van der Waals surface area contributed by atoms with Gasteiger partial charge in [0, 0.05) is 19.4 Å². The molecule has 182 valence electrons. The van der Waals surface area contributed by atoms with Gasteiger partial charge in [-0.2, -0.15) is 0 Å². The normalized spacial score (nSPS) is 21.1. The maximum absolute atomic E-state index is 12.8. The molecular formula is C26H44O5Si. The number of carbonyl (C=O) groups excluding carboxylic acids is 1. The van der Waals surface area contributed by atoms with Crippen LogP contribution >= 0.6 is 0 Å². The van der Waals surface area contributed by atoms with E-state index in [4.69, 9.17) is 18.6 Å². The molecule has 0 spiro atoms. The first-order chi connectivity index (χ1) is 15.0. The topological polar surface area (TPSA) is 54.0 Å². The van der Waals surface area contributed by atoms with Gasteiger partial charge in [-0.3, -0.25) is 4.79 Å². The molecule has 6 heteroatoms. The fraction of sp³-hybridized carbons (Fsp3) is 0.731. The molecule has 32 heavy (non-hydrogen) atoms. The van der Waals surface area contributed by atoms with Crippen LogP contribution in [0, 0.1) is 0 Å². The molecule has 0 amide bonds. The third kappa shape index (κ3) is 7.22. The summed E-state index contributed by atoms with van der Waals surface area (Å²) in [6, 6.07) is 10.0. The van der Waals surface area contributed by atoms with Crippen LogP contribution in [0.2, 0.25) is 16.6 Å². The lowest BCUT2D eigenvalue weighted by Gasteiger charge is -2.42. The van der Waals surface area contributed by atoms with Gasteiger partial charge in [0.25, 0.3) is 0 Å². The number of carbonyl (C=O) groups is 1. The first-order valence-corrected chi connectivity index (χ1v) is 14.2. The van der Waals surface area contributed by atoms with Crippen molar-refractivity contribution >= 4 is 14.1 Å². The molecule has 0 unspecified atom stereocenters. The third-order valence-corrected chi connectivity index (χ3v) is 12.7. The van der Waals surface area contributed by atoms with Crippen molar-refractivity contribution in [2.45, 2.75) is 109 Å². The first kappa shape index (κ1) is 27.2. The highest BCUT2D eigenvalue weighted by Gasteiger charge is 2.45. The minimum atomic E-state index is -1.95. The molecule has 2 rings (SSSR count). The predicted octanol–water partition coefficient (Wildman–Crippen LogP) is 6.26. The van der Waals surface area contributed by atoms with Crippen molar-refractivity contribution in [2.24, 2.45) is 0 Å². The summed E-state index contributed by atoms with van der Waals surface area (Å²) >= 11 is 0. The van der Waals surface area contributed by atoms with Crippen molar-refractivity contribution in [3.05, 3.63) is 35.9 Å². The van der Waals surface area contributed by atoms with E-state index in [0.717, 1.165) is 5.56 Å². The van der Waals surface area contributed by atoms with Crippen LogP contribution in [0.25, 0.3) is 0 Å². The molecule has 1 heterocycles. The van der Waals surface area contributed by atoms with Crippen molar-refractivity contribution in [3.8, 4) is 0 Å². The second-order valence-corrected chi connectivity index (χ2v) is 15.8. The van der Waals surface area contributed by atoms with Crippen LogP contribution < -0.4 is 0 Å². The molecule has 0 radical (unpaired) electrons. The Kier molecular flexibility index (Phi) is 10.1. The molecular weight excluding hydrogens is 420 g/mol. The lowest BCUT2D eigenvalue weighted by atomic mass is 10.1. The van der Waals surface area contributed by atoms with Crippen LogP contribution in [-0.2, 0) is 30.0 Å². The van der Waals surface area contributed by atoms with Crippen LogP contribution in [0.3, 0.4) is 0 Å². The zero-order chi connectivity index (χ0) is 23.9. The van der Waals surface area contributed by atoms with Gasteiger partial charge >= 0.3 is 0 Å². The number of hydrogen-bond acceptors (Lipinski definition) is 5. The highest BCUT2D eigenvalue weighted by atomic mass is 28.4. The van der Waals surface area contributed by atoms with E-state index in [0.29, 0.717) is 49.3 Å². The van der Waals surface area contributed by atoms with Gasteiger partial charge in [-0.05, 0) is 36.0 Å². The summed E-state index contributed by atoms with van der Waals surface area (Å²) in [6.07, 6.45) is 0.189. The SMILES string of the molecule is CC(C)[Si](OCCC(=O)C[C@H]1OC(C)(C)O[C@@H]1COCc1ccccc1)(C(C)C)C(C)C. The molecule has 0 aromatic heterocycles. The third-order valence-electron chi connectivity index (χ3n) is 6.55. The molecule has 1 aromatic carbocycles. The maximum Gasteiger partial charge on any atom is 0.200 e. The van der Waals surface area contributed by atoms with E-state index in [1.807, 2.05) is 44.2 Å². The van der Waals surface area contributed by atoms with Crippen molar-refractivity contribution in [3.63, 3.8) is 0 Å². The Morgan fingerprint density at radius 3 is 2.09 bits per heavy atom. The van der Waals surface area contributed by atoms with Crippen LogP contribution in [0.1, 0.15) is 73.8 Å². The fourth-order valence-corrected chi connectivity index (χ4v) is 10.7. The Labute approximate surface area is 196 Å². The molecule has 2 atom stereocenters. The lowest BCUT2D eigenvalue weighted by molar-refractivity contribution is -0.152. The molecule has 0 bridgehead atoms. The van der Waals surface area contributed by atoms with Gasteiger partial charge in [0.05, 0.1) is 19.3 Å². The molecule has 0 N–H and O–H groups in total. The Bertz CT molecular complexity index is 680. The molecule has 1 aliphatic rings. The number of hydrogen-bond donors (Lipinski definition) is 0.